The van der Waals surface area contributed by atoms with E-state index in [1.807, 2.05) is 18.0 Å². The lowest BCUT2D eigenvalue weighted by atomic mass is 9.98. The maximum atomic E-state index is 13.4. The van der Waals surface area contributed by atoms with Gasteiger partial charge in [0.1, 0.15) is 5.82 Å². The normalized spacial score (nSPS) is 12.5. The summed E-state index contributed by atoms with van der Waals surface area (Å²) in [5.41, 5.74) is 9.23. The number of benzene rings is 2. The molecular weight excluding hydrogens is 263 g/mol. The average Bonchev–Trinajstić information content (AvgIpc) is 2.48. The zero-order valence-electron chi connectivity index (χ0n) is 12.9. The highest BCUT2D eigenvalue weighted by Gasteiger charge is 2.16. The van der Waals surface area contributed by atoms with Crippen LogP contribution < -0.4 is 10.6 Å². The molecule has 2 rings (SSSR count). The highest BCUT2D eigenvalue weighted by atomic mass is 19.1. The Hall–Kier alpha value is -1.87. The van der Waals surface area contributed by atoms with Gasteiger partial charge in [0, 0.05) is 19.3 Å². The van der Waals surface area contributed by atoms with Gasteiger partial charge in [-0.05, 0) is 35.2 Å². The molecule has 0 aliphatic carbocycles. The van der Waals surface area contributed by atoms with Crippen LogP contribution in [0.3, 0.4) is 0 Å². The van der Waals surface area contributed by atoms with E-state index in [1.165, 1.54) is 17.7 Å². The summed E-state index contributed by atoms with van der Waals surface area (Å²) in [6, 6.07) is 15.1. The summed E-state index contributed by atoms with van der Waals surface area (Å²) in [4.78, 5) is 2.02. The molecule has 0 radical (unpaired) electrons. The number of nitrogens with zero attached hydrogens (tertiary/aromatic N) is 1. The largest absolute Gasteiger partial charge is 0.366 e. The molecule has 3 heteroatoms. The molecule has 0 aliphatic heterocycles. The average molecular weight is 286 g/mol. The third-order valence-electron chi connectivity index (χ3n) is 3.89. The number of hydrogen-bond acceptors (Lipinski definition) is 2. The maximum Gasteiger partial charge on any atom is 0.125 e. The first kappa shape index (κ1) is 15.5. The minimum Gasteiger partial charge on any atom is -0.366 e. The van der Waals surface area contributed by atoms with Crippen molar-refractivity contribution in [1.82, 2.24) is 0 Å². The van der Waals surface area contributed by atoms with E-state index in [0.717, 1.165) is 11.3 Å². The Morgan fingerprint density at radius 3 is 2.19 bits per heavy atom. The highest BCUT2D eigenvalue weighted by molar-refractivity contribution is 5.48. The topological polar surface area (TPSA) is 29.3 Å². The van der Waals surface area contributed by atoms with Crippen LogP contribution in [0.1, 0.15) is 36.9 Å². The molecule has 112 valence electrons. The van der Waals surface area contributed by atoms with Crippen LogP contribution in [0.2, 0.25) is 0 Å². The van der Waals surface area contributed by atoms with Crippen molar-refractivity contribution in [2.45, 2.75) is 25.8 Å². The Kier molecular flexibility index (Phi) is 4.97. The number of likely N-dealkylation sites (N-methyl/N-ethyl adjacent to an activating group) is 1. The fourth-order valence-electron chi connectivity index (χ4n) is 2.50. The molecule has 2 aromatic rings. The zero-order chi connectivity index (χ0) is 15.4. The molecule has 0 saturated carbocycles. The molecule has 21 heavy (non-hydrogen) atoms. The predicted octanol–water partition coefficient (Wildman–Crippen LogP) is 4.09. The number of anilines is 1. The fraction of sp³-hybridized carbons (Fsp3) is 0.333. The highest BCUT2D eigenvalue weighted by Crippen LogP contribution is 2.26. The Balaban J connectivity index is 2.26. The Morgan fingerprint density at radius 1 is 1.05 bits per heavy atom. The van der Waals surface area contributed by atoms with Gasteiger partial charge in [-0.3, -0.25) is 0 Å². The third kappa shape index (κ3) is 3.61. The van der Waals surface area contributed by atoms with Crippen LogP contribution in [0.15, 0.2) is 48.5 Å². The van der Waals surface area contributed by atoms with Gasteiger partial charge in [-0.25, -0.2) is 4.39 Å². The molecule has 0 fully saturated rings. The third-order valence-corrected chi connectivity index (χ3v) is 3.89. The minimum absolute atomic E-state index is 0.0352. The summed E-state index contributed by atoms with van der Waals surface area (Å²) in [5.74, 6) is 0.279. The summed E-state index contributed by atoms with van der Waals surface area (Å²) in [5, 5.41) is 0. The molecule has 2 N–H and O–H groups in total. The first-order valence-corrected chi connectivity index (χ1v) is 7.31. The van der Waals surface area contributed by atoms with E-state index >= 15 is 0 Å². The molecule has 2 aromatic carbocycles. The number of nitrogens with two attached hydrogens (primary N) is 1. The van der Waals surface area contributed by atoms with Crippen molar-refractivity contribution < 1.29 is 4.39 Å². The Bertz CT molecular complexity index is 578. The molecule has 0 aromatic heterocycles. The van der Waals surface area contributed by atoms with Gasteiger partial charge in [-0.2, -0.15) is 0 Å². The molecule has 1 atom stereocenters. The van der Waals surface area contributed by atoms with Crippen molar-refractivity contribution in [2.24, 2.45) is 5.73 Å². The fourth-order valence-corrected chi connectivity index (χ4v) is 2.50. The standard InChI is InChI=1S/C18H23FN2/c1-13(2)14-7-9-15(10-8-14)18(12-20)21(3)17-6-4-5-16(19)11-17/h4-11,13,18H,12,20H2,1-3H3. The van der Waals surface area contributed by atoms with E-state index in [4.69, 9.17) is 5.73 Å². The molecule has 0 amide bonds. The van der Waals surface area contributed by atoms with Crippen molar-refractivity contribution in [3.05, 3.63) is 65.5 Å². The quantitative estimate of drug-likeness (QED) is 0.897. The maximum absolute atomic E-state index is 13.4. The first-order valence-electron chi connectivity index (χ1n) is 7.31. The van der Waals surface area contributed by atoms with Gasteiger partial charge in [0.25, 0.3) is 0 Å². The minimum atomic E-state index is -0.231. The van der Waals surface area contributed by atoms with E-state index in [2.05, 4.69) is 38.1 Å². The smallest absolute Gasteiger partial charge is 0.125 e. The van der Waals surface area contributed by atoms with Gasteiger partial charge >= 0.3 is 0 Å². The van der Waals surface area contributed by atoms with E-state index in [-0.39, 0.29) is 11.9 Å². The van der Waals surface area contributed by atoms with Gasteiger partial charge in [-0.1, -0.05) is 44.2 Å². The second kappa shape index (κ2) is 6.72. The van der Waals surface area contributed by atoms with Crippen LogP contribution in [0, 0.1) is 5.82 Å². The number of rotatable bonds is 5. The van der Waals surface area contributed by atoms with Gasteiger partial charge < -0.3 is 10.6 Å². The molecule has 0 aliphatic rings. The van der Waals surface area contributed by atoms with Crippen molar-refractivity contribution >= 4 is 5.69 Å². The van der Waals surface area contributed by atoms with Crippen LogP contribution >= 0.6 is 0 Å². The van der Waals surface area contributed by atoms with Crippen LogP contribution in [0.4, 0.5) is 10.1 Å². The summed E-state index contributed by atoms with van der Waals surface area (Å²) >= 11 is 0. The monoisotopic (exact) mass is 286 g/mol. The molecule has 2 nitrogen and oxygen atoms in total. The Labute approximate surface area is 126 Å². The summed E-state index contributed by atoms with van der Waals surface area (Å²) in [6.07, 6.45) is 0. The SMILES string of the molecule is CC(C)c1ccc(C(CN)N(C)c2cccc(F)c2)cc1. The van der Waals surface area contributed by atoms with Crippen molar-refractivity contribution in [3.8, 4) is 0 Å². The van der Waals surface area contributed by atoms with Crippen LogP contribution in [-0.4, -0.2) is 13.6 Å². The second-order valence-corrected chi connectivity index (χ2v) is 5.66. The predicted molar refractivity (Wildman–Crippen MR) is 87.1 cm³/mol. The van der Waals surface area contributed by atoms with E-state index in [9.17, 15) is 4.39 Å². The van der Waals surface area contributed by atoms with Crippen molar-refractivity contribution in [1.29, 1.82) is 0 Å². The number of halogens is 1. The lowest BCUT2D eigenvalue weighted by Crippen LogP contribution is -2.30. The van der Waals surface area contributed by atoms with E-state index in [1.54, 1.807) is 6.07 Å². The molecule has 1 unspecified atom stereocenters. The summed E-state index contributed by atoms with van der Waals surface area (Å²) < 4.78 is 13.4. The number of hydrogen-bond donors (Lipinski definition) is 1. The zero-order valence-corrected chi connectivity index (χ0v) is 12.9. The van der Waals surface area contributed by atoms with Gasteiger partial charge in [0.2, 0.25) is 0 Å². The molecule has 0 heterocycles. The second-order valence-electron chi connectivity index (χ2n) is 5.66. The van der Waals surface area contributed by atoms with Crippen molar-refractivity contribution in [3.63, 3.8) is 0 Å². The molecule has 0 bridgehead atoms. The molecule has 0 saturated heterocycles. The lowest BCUT2D eigenvalue weighted by molar-refractivity contribution is 0.623. The van der Waals surface area contributed by atoms with Crippen LogP contribution in [0.25, 0.3) is 0 Å². The molecule has 0 spiro atoms. The van der Waals surface area contributed by atoms with E-state index in [0.29, 0.717) is 12.5 Å². The Morgan fingerprint density at radius 2 is 1.67 bits per heavy atom. The van der Waals surface area contributed by atoms with Crippen molar-refractivity contribution in [2.75, 3.05) is 18.5 Å². The van der Waals surface area contributed by atoms with Gasteiger partial charge in [0.15, 0.2) is 0 Å². The molecular formula is C18H23FN2. The van der Waals surface area contributed by atoms with Crippen LogP contribution in [-0.2, 0) is 0 Å². The summed E-state index contributed by atoms with van der Waals surface area (Å²) in [6.45, 7) is 4.83. The van der Waals surface area contributed by atoms with Crippen LogP contribution in [0.5, 0.6) is 0 Å². The first-order chi connectivity index (χ1) is 10.0. The van der Waals surface area contributed by atoms with Gasteiger partial charge in [-0.15, -0.1) is 0 Å². The van der Waals surface area contributed by atoms with Gasteiger partial charge in [0.05, 0.1) is 6.04 Å². The van der Waals surface area contributed by atoms with E-state index < -0.39 is 0 Å². The summed E-state index contributed by atoms with van der Waals surface area (Å²) in [7, 11) is 1.95. The lowest BCUT2D eigenvalue weighted by Gasteiger charge is -2.29.